The van der Waals surface area contributed by atoms with Gasteiger partial charge in [0.05, 0.1) is 12.5 Å². The molecule has 0 saturated carbocycles. The number of halogens is 1. The number of nitrogens with one attached hydrogen (secondary N) is 1. The fourth-order valence-electron chi connectivity index (χ4n) is 4.70. The first kappa shape index (κ1) is 25.2. The summed E-state index contributed by atoms with van der Waals surface area (Å²) in [4.78, 5) is 26.4. The molecule has 0 aliphatic carbocycles. The third-order valence-corrected chi connectivity index (χ3v) is 6.61. The van der Waals surface area contributed by atoms with Crippen LogP contribution >= 0.6 is 11.6 Å². The average Bonchev–Trinajstić information content (AvgIpc) is 2.92. The lowest BCUT2D eigenvalue weighted by molar-refractivity contribution is -0.145. The van der Waals surface area contributed by atoms with Crippen molar-refractivity contribution in [1.29, 1.82) is 0 Å². The summed E-state index contributed by atoms with van der Waals surface area (Å²) >= 11 is 6.13. The molecule has 0 heterocycles. The lowest BCUT2D eigenvalue weighted by Crippen LogP contribution is -2.46. The van der Waals surface area contributed by atoms with Crippen molar-refractivity contribution in [3.8, 4) is 0 Å². The topological polar surface area (TPSA) is 55.4 Å². The van der Waals surface area contributed by atoms with Crippen LogP contribution in [-0.2, 0) is 26.2 Å². The van der Waals surface area contributed by atoms with Crippen LogP contribution in [0, 0.1) is 0 Å². The molecule has 4 aromatic rings. The van der Waals surface area contributed by atoms with Gasteiger partial charge in [0, 0.05) is 17.9 Å². The molecule has 0 bridgehead atoms. The molecule has 5 heteroatoms. The third-order valence-electron chi connectivity index (χ3n) is 6.38. The number of amides is 1. The van der Waals surface area contributed by atoms with Crippen molar-refractivity contribution in [2.75, 3.05) is 7.11 Å². The Balaban J connectivity index is 1.73. The summed E-state index contributed by atoms with van der Waals surface area (Å²) in [5.41, 5.74) is 3.04. The van der Waals surface area contributed by atoms with Crippen molar-refractivity contribution in [2.45, 2.75) is 24.3 Å². The molecule has 4 aromatic carbocycles. The number of benzene rings is 4. The molecule has 1 amide bonds. The summed E-state index contributed by atoms with van der Waals surface area (Å²) in [6, 6.07) is 36.4. The first-order chi connectivity index (χ1) is 17.5. The van der Waals surface area contributed by atoms with Gasteiger partial charge in [-0.25, -0.2) is 4.79 Å². The first-order valence-electron chi connectivity index (χ1n) is 11.8. The molecule has 36 heavy (non-hydrogen) atoms. The number of hydrogen-bond acceptors (Lipinski definition) is 3. The lowest BCUT2D eigenvalue weighted by atomic mass is 9.67. The zero-order valence-electron chi connectivity index (χ0n) is 20.1. The van der Waals surface area contributed by atoms with Gasteiger partial charge in [-0.05, 0) is 34.4 Å². The van der Waals surface area contributed by atoms with E-state index < -0.39 is 17.4 Å². The van der Waals surface area contributed by atoms with E-state index in [1.165, 1.54) is 7.11 Å². The molecule has 0 aliphatic rings. The second kappa shape index (κ2) is 11.7. The molecule has 1 N–H and O–H groups in total. The van der Waals surface area contributed by atoms with Crippen molar-refractivity contribution < 1.29 is 14.3 Å². The fraction of sp³-hybridized carbons (Fsp3) is 0.161. The largest absolute Gasteiger partial charge is 0.467 e. The van der Waals surface area contributed by atoms with Crippen LogP contribution in [0.5, 0.6) is 0 Å². The molecule has 4 rings (SSSR count). The van der Waals surface area contributed by atoms with Gasteiger partial charge >= 0.3 is 5.97 Å². The normalized spacial score (nSPS) is 11.9. The smallest absolute Gasteiger partial charge is 0.328 e. The maximum Gasteiger partial charge on any atom is 0.328 e. The van der Waals surface area contributed by atoms with Crippen LogP contribution < -0.4 is 5.32 Å². The number of carbonyl (C=O) groups is 2. The molecule has 0 fully saturated rings. The van der Waals surface area contributed by atoms with Gasteiger partial charge < -0.3 is 10.1 Å². The molecule has 182 valence electrons. The maximum absolute atomic E-state index is 13.7. The Morgan fingerprint density at radius 1 is 0.778 bits per heavy atom. The molecular weight excluding hydrogens is 470 g/mol. The fourth-order valence-corrected chi connectivity index (χ4v) is 4.91. The van der Waals surface area contributed by atoms with Gasteiger partial charge in [0.2, 0.25) is 5.91 Å². The Morgan fingerprint density at radius 2 is 1.28 bits per heavy atom. The Hall–Kier alpha value is -3.89. The van der Waals surface area contributed by atoms with E-state index in [-0.39, 0.29) is 18.7 Å². The highest BCUT2D eigenvalue weighted by molar-refractivity contribution is 6.30. The molecule has 0 aromatic heterocycles. The minimum absolute atomic E-state index is 0.105. The number of hydrogen-bond donors (Lipinski definition) is 1. The Labute approximate surface area is 216 Å². The van der Waals surface area contributed by atoms with E-state index in [0.717, 1.165) is 22.3 Å². The number of carbonyl (C=O) groups excluding carboxylic acids is 2. The van der Waals surface area contributed by atoms with E-state index >= 15 is 0 Å². The van der Waals surface area contributed by atoms with Gasteiger partial charge in [-0.1, -0.05) is 115 Å². The number of rotatable bonds is 9. The van der Waals surface area contributed by atoms with Crippen LogP contribution in [0.1, 0.15) is 28.7 Å². The Kier molecular flexibility index (Phi) is 8.19. The molecule has 0 saturated heterocycles. The van der Waals surface area contributed by atoms with Gasteiger partial charge in [-0.2, -0.15) is 0 Å². The predicted octanol–water partition coefficient (Wildman–Crippen LogP) is 5.97. The lowest BCUT2D eigenvalue weighted by Gasteiger charge is -2.36. The molecule has 1 atom stereocenters. The molecular formula is C31H28ClNO3. The van der Waals surface area contributed by atoms with E-state index in [0.29, 0.717) is 5.02 Å². The molecule has 4 nitrogen and oxygen atoms in total. The zero-order valence-corrected chi connectivity index (χ0v) is 20.8. The highest BCUT2D eigenvalue weighted by atomic mass is 35.5. The minimum atomic E-state index is -0.846. The van der Waals surface area contributed by atoms with Crippen molar-refractivity contribution in [3.05, 3.63) is 143 Å². The van der Waals surface area contributed by atoms with Crippen LogP contribution in [0.25, 0.3) is 0 Å². The molecule has 0 unspecified atom stereocenters. The molecule has 0 spiro atoms. The van der Waals surface area contributed by atoms with E-state index in [4.69, 9.17) is 16.3 Å². The molecule has 0 radical (unpaired) electrons. The Morgan fingerprint density at radius 3 is 1.72 bits per heavy atom. The van der Waals surface area contributed by atoms with Gasteiger partial charge in [-0.15, -0.1) is 0 Å². The van der Waals surface area contributed by atoms with Gasteiger partial charge in [0.25, 0.3) is 0 Å². The average molecular weight is 498 g/mol. The monoisotopic (exact) mass is 497 g/mol. The van der Waals surface area contributed by atoms with Crippen LogP contribution in [0.2, 0.25) is 5.02 Å². The SMILES string of the molecule is COC(=O)[C@@H](Cc1cccc(Cl)c1)NC(=O)CC(c1ccccc1)(c1ccccc1)c1ccccc1. The maximum atomic E-state index is 13.7. The van der Waals surface area contributed by atoms with Crippen molar-refractivity contribution >= 4 is 23.5 Å². The van der Waals surface area contributed by atoms with Crippen molar-refractivity contribution in [3.63, 3.8) is 0 Å². The first-order valence-corrected chi connectivity index (χ1v) is 12.2. The van der Waals surface area contributed by atoms with Crippen LogP contribution in [0.4, 0.5) is 0 Å². The van der Waals surface area contributed by atoms with Gasteiger partial charge in [0.1, 0.15) is 6.04 Å². The Bertz CT molecular complexity index is 1200. The second-order valence-corrected chi connectivity index (χ2v) is 9.09. The predicted molar refractivity (Wildman–Crippen MR) is 143 cm³/mol. The van der Waals surface area contributed by atoms with Gasteiger partial charge in [-0.3, -0.25) is 4.79 Å². The highest BCUT2D eigenvalue weighted by Gasteiger charge is 2.39. The number of ether oxygens (including phenoxy) is 1. The van der Waals surface area contributed by atoms with E-state index in [2.05, 4.69) is 5.32 Å². The zero-order chi connectivity index (χ0) is 25.4. The summed E-state index contributed by atoms with van der Waals surface area (Å²) < 4.78 is 5.01. The third kappa shape index (κ3) is 5.67. The number of esters is 1. The van der Waals surface area contributed by atoms with Crippen LogP contribution in [0.15, 0.2) is 115 Å². The minimum Gasteiger partial charge on any atom is -0.467 e. The summed E-state index contributed by atoms with van der Waals surface area (Å²) in [7, 11) is 1.32. The van der Waals surface area contributed by atoms with E-state index in [1.807, 2.05) is 103 Å². The quantitative estimate of drug-likeness (QED) is 0.229. The highest BCUT2D eigenvalue weighted by Crippen LogP contribution is 2.42. The summed E-state index contributed by atoms with van der Waals surface area (Å²) in [6.07, 6.45) is 0.377. The van der Waals surface area contributed by atoms with E-state index in [1.54, 1.807) is 12.1 Å². The van der Waals surface area contributed by atoms with Gasteiger partial charge in [0.15, 0.2) is 0 Å². The van der Waals surface area contributed by atoms with Crippen molar-refractivity contribution in [1.82, 2.24) is 5.32 Å². The molecule has 0 aliphatic heterocycles. The standard InChI is InChI=1S/C31H28ClNO3/c1-36-30(35)28(21-23-12-11-19-27(32)20-23)33-29(34)22-31(24-13-5-2-6-14-24,25-15-7-3-8-16-25)26-17-9-4-10-18-26/h2-20,28H,21-22H2,1H3,(H,33,34)/t28-/m1/s1. The summed E-state index contributed by atoms with van der Waals surface area (Å²) in [6.45, 7) is 0. The van der Waals surface area contributed by atoms with Crippen LogP contribution in [-0.4, -0.2) is 25.0 Å². The summed E-state index contributed by atoms with van der Waals surface area (Å²) in [5.74, 6) is -0.767. The van der Waals surface area contributed by atoms with Crippen molar-refractivity contribution in [2.24, 2.45) is 0 Å². The van der Waals surface area contributed by atoms with Crippen LogP contribution in [0.3, 0.4) is 0 Å². The summed E-state index contributed by atoms with van der Waals surface area (Å²) in [5, 5.41) is 3.51. The number of methoxy groups -OCH3 is 1. The second-order valence-electron chi connectivity index (χ2n) is 8.66. The van der Waals surface area contributed by atoms with E-state index in [9.17, 15) is 9.59 Å².